The summed E-state index contributed by atoms with van der Waals surface area (Å²) in [6, 6.07) is 19.0. The van der Waals surface area contributed by atoms with E-state index in [1.165, 1.54) is 30.5 Å². The quantitative estimate of drug-likeness (QED) is 0.548. The number of piperidine rings is 1. The van der Waals surface area contributed by atoms with Crippen molar-refractivity contribution in [3.05, 3.63) is 66.4 Å². The summed E-state index contributed by atoms with van der Waals surface area (Å²) in [6.45, 7) is 3.12. The molecule has 1 aromatic heterocycles. The Morgan fingerprint density at radius 3 is 2.48 bits per heavy atom. The van der Waals surface area contributed by atoms with E-state index in [4.69, 9.17) is 0 Å². The first-order valence-electron chi connectivity index (χ1n) is 10.5. The number of anilines is 4. The molecular formula is C23H28N6. The molecule has 0 atom stereocenters. The molecule has 0 spiro atoms. The van der Waals surface area contributed by atoms with Crippen LogP contribution in [0.1, 0.15) is 31.2 Å². The van der Waals surface area contributed by atoms with Crippen LogP contribution < -0.4 is 15.5 Å². The third kappa shape index (κ3) is 5.67. The molecule has 6 heteroatoms. The summed E-state index contributed by atoms with van der Waals surface area (Å²) in [5, 5.41) is 14.7. The maximum Gasteiger partial charge on any atom is 0.244 e. The average molecular weight is 389 g/mol. The summed E-state index contributed by atoms with van der Waals surface area (Å²) in [6.07, 6.45) is 7.61. The molecule has 2 N–H and O–H groups in total. The molecule has 1 aliphatic heterocycles. The predicted octanol–water partition coefficient (Wildman–Crippen LogP) is 4.65. The van der Waals surface area contributed by atoms with Crippen LogP contribution in [0.4, 0.5) is 23.1 Å². The molecule has 150 valence electrons. The fourth-order valence-electron chi connectivity index (χ4n) is 3.63. The lowest BCUT2D eigenvalue weighted by atomic mass is 10.1. The van der Waals surface area contributed by atoms with E-state index in [2.05, 4.69) is 79.2 Å². The van der Waals surface area contributed by atoms with Crippen molar-refractivity contribution >= 4 is 23.1 Å². The minimum Gasteiger partial charge on any atom is -0.372 e. The molecule has 2 aromatic carbocycles. The number of nitrogens with one attached hydrogen (secondary N) is 2. The Balaban J connectivity index is 1.28. The van der Waals surface area contributed by atoms with Gasteiger partial charge in [0, 0.05) is 31.0 Å². The van der Waals surface area contributed by atoms with Crippen molar-refractivity contribution in [2.75, 3.05) is 35.2 Å². The smallest absolute Gasteiger partial charge is 0.244 e. The highest BCUT2D eigenvalue weighted by molar-refractivity contribution is 5.60. The summed E-state index contributed by atoms with van der Waals surface area (Å²) >= 11 is 0. The van der Waals surface area contributed by atoms with Gasteiger partial charge in [-0.05, 0) is 61.9 Å². The van der Waals surface area contributed by atoms with Crippen molar-refractivity contribution < 1.29 is 0 Å². The Kier molecular flexibility index (Phi) is 6.53. The van der Waals surface area contributed by atoms with Gasteiger partial charge >= 0.3 is 0 Å². The summed E-state index contributed by atoms with van der Waals surface area (Å²) in [5.41, 5.74) is 3.63. The Morgan fingerprint density at radius 1 is 0.897 bits per heavy atom. The SMILES string of the molecule is c1ccc(CCCNc2nncc(Nc3ccc(N4CCCCC4)cc3)n2)cc1. The number of hydrogen-bond acceptors (Lipinski definition) is 6. The van der Waals surface area contributed by atoms with Crippen molar-refractivity contribution in [3.63, 3.8) is 0 Å². The van der Waals surface area contributed by atoms with Crippen molar-refractivity contribution in [3.8, 4) is 0 Å². The summed E-state index contributed by atoms with van der Waals surface area (Å²) in [7, 11) is 0. The zero-order valence-corrected chi connectivity index (χ0v) is 16.7. The van der Waals surface area contributed by atoms with Gasteiger partial charge in [-0.25, -0.2) is 0 Å². The van der Waals surface area contributed by atoms with E-state index in [1.54, 1.807) is 6.20 Å². The first-order valence-corrected chi connectivity index (χ1v) is 10.5. The minimum atomic E-state index is 0.549. The van der Waals surface area contributed by atoms with E-state index < -0.39 is 0 Å². The largest absolute Gasteiger partial charge is 0.372 e. The van der Waals surface area contributed by atoms with Crippen LogP contribution >= 0.6 is 0 Å². The highest BCUT2D eigenvalue weighted by atomic mass is 15.3. The molecule has 1 aliphatic rings. The van der Waals surface area contributed by atoms with Gasteiger partial charge in [0.1, 0.15) is 0 Å². The fourth-order valence-corrected chi connectivity index (χ4v) is 3.63. The predicted molar refractivity (Wildman–Crippen MR) is 119 cm³/mol. The average Bonchev–Trinajstić information content (AvgIpc) is 2.79. The van der Waals surface area contributed by atoms with Crippen molar-refractivity contribution in [1.82, 2.24) is 15.2 Å². The van der Waals surface area contributed by atoms with E-state index >= 15 is 0 Å². The molecule has 0 saturated carbocycles. The molecule has 1 saturated heterocycles. The van der Waals surface area contributed by atoms with Gasteiger partial charge in [0.25, 0.3) is 0 Å². The van der Waals surface area contributed by atoms with Gasteiger partial charge in [-0.1, -0.05) is 30.3 Å². The molecule has 0 aliphatic carbocycles. The number of nitrogens with zero attached hydrogens (tertiary/aromatic N) is 4. The number of aryl methyl sites for hydroxylation is 1. The molecule has 0 amide bonds. The van der Waals surface area contributed by atoms with E-state index in [0.717, 1.165) is 38.2 Å². The summed E-state index contributed by atoms with van der Waals surface area (Å²) in [4.78, 5) is 6.97. The second kappa shape index (κ2) is 9.87. The van der Waals surface area contributed by atoms with Crippen LogP contribution in [-0.2, 0) is 6.42 Å². The maximum absolute atomic E-state index is 4.52. The maximum atomic E-state index is 4.52. The lowest BCUT2D eigenvalue weighted by Crippen LogP contribution is -2.29. The van der Waals surface area contributed by atoms with Gasteiger partial charge in [0.2, 0.25) is 5.95 Å². The molecule has 1 fully saturated rings. The van der Waals surface area contributed by atoms with E-state index in [-0.39, 0.29) is 0 Å². The van der Waals surface area contributed by atoms with Crippen LogP contribution in [0.5, 0.6) is 0 Å². The first-order chi connectivity index (χ1) is 14.4. The van der Waals surface area contributed by atoms with Crippen LogP contribution in [0.25, 0.3) is 0 Å². The molecule has 0 unspecified atom stereocenters. The van der Waals surface area contributed by atoms with Crippen LogP contribution in [0.3, 0.4) is 0 Å². The Labute approximate surface area is 172 Å². The van der Waals surface area contributed by atoms with Crippen LogP contribution in [0, 0.1) is 0 Å². The van der Waals surface area contributed by atoms with E-state index in [1.807, 2.05) is 6.07 Å². The van der Waals surface area contributed by atoms with Crippen LogP contribution in [0.15, 0.2) is 60.8 Å². The van der Waals surface area contributed by atoms with Gasteiger partial charge in [-0.2, -0.15) is 10.1 Å². The normalized spacial score (nSPS) is 13.9. The molecule has 0 bridgehead atoms. The number of benzene rings is 2. The standard InChI is InChI=1S/C23H28N6/c1-3-8-19(9-4-1)10-7-15-24-23-27-22(18-25-28-23)26-20-11-13-21(14-12-20)29-16-5-2-6-17-29/h1,3-4,8-9,11-14,18H,2,5-7,10,15-17H2,(H2,24,26,27,28). The van der Waals surface area contributed by atoms with Crippen molar-refractivity contribution in [2.45, 2.75) is 32.1 Å². The summed E-state index contributed by atoms with van der Waals surface area (Å²) in [5.74, 6) is 1.24. The Morgan fingerprint density at radius 2 is 1.69 bits per heavy atom. The van der Waals surface area contributed by atoms with E-state index in [0.29, 0.717) is 11.8 Å². The van der Waals surface area contributed by atoms with Gasteiger partial charge in [0.15, 0.2) is 5.82 Å². The zero-order valence-electron chi connectivity index (χ0n) is 16.7. The Hall–Kier alpha value is -3.15. The lowest BCUT2D eigenvalue weighted by Gasteiger charge is -2.28. The van der Waals surface area contributed by atoms with Crippen LogP contribution in [0.2, 0.25) is 0 Å². The fraction of sp³-hybridized carbons (Fsp3) is 0.348. The third-order valence-electron chi connectivity index (χ3n) is 5.19. The van der Waals surface area contributed by atoms with Gasteiger partial charge < -0.3 is 15.5 Å². The van der Waals surface area contributed by atoms with Crippen LogP contribution in [-0.4, -0.2) is 34.8 Å². The topological polar surface area (TPSA) is 66.0 Å². The number of hydrogen-bond donors (Lipinski definition) is 2. The molecular weight excluding hydrogens is 360 g/mol. The Bertz CT molecular complexity index is 875. The minimum absolute atomic E-state index is 0.549. The molecule has 3 aromatic rings. The van der Waals surface area contributed by atoms with E-state index in [9.17, 15) is 0 Å². The zero-order chi connectivity index (χ0) is 19.7. The van der Waals surface area contributed by atoms with Gasteiger partial charge in [0.05, 0.1) is 6.20 Å². The third-order valence-corrected chi connectivity index (χ3v) is 5.19. The highest BCUT2D eigenvalue weighted by Crippen LogP contribution is 2.23. The monoisotopic (exact) mass is 388 g/mol. The first kappa shape index (κ1) is 19.2. The highest BCUT2D eigenvalue weighted by Gasteiger charge is 2.10. The molecule has 6 nitrogen and oxygen atoms in total. The molecule has 4 rings (SSSR count). The molecule has 0 radical (unpaired) electrons. The summed E-state index contributed by atoms with van der Waals surface area (Å²) < 4.78 is 0. The van der Waals surface area contributed by atoms with Gasteiger partial charge in [-0.3, -0.25) is 0 Å². The van der Waals surface area contributed by atoms with Crippen molar-refractivity contribution in [2.24, 2.45) is 0 Å². The lowest BCUT2D eigenvalue weighted by molar-refractivity contribution is 0.578. The second-order valence-corrected chi connectivity index (χ2v) is 7.40. The molecule has 29 heavy (non-hydrogen) atoms. The number of rotatable bonds is 8. The second-order valence-electron chi connectivity index (χ2n) is 7.40. The number of aromatic nitrogens is 3. The molecule has 2 heterocycles. The van der Waals surface area contributed by atoms with Crippen molar-refractivity contribution in [1.29, 1.82) is 0 Å². The van der Waals surface area contributed by atoms with Gasteiger partial charge in [-0.15, -0.1) is 5.10 Å².